The maximum Gasteiger partial charge on any atom is 0.371 e. The number of hydrogen-bond donors (Lipinski definition) is 1. The normalized spacial score (nSPS) is 24.8. The Labute approximate surface area is 101 Å². The van der Waals surface area contributed by atoms with Crippen molar-refractivity contribution in [2.45, 2.75) is 45.3 Å². The molecule has 2 atom stereocenters. The van der Waals surface area contributed by atoms with Crippen LogP contribution in [0.1, 0.15) is 48.9 Å². The van der Waals surface area contributed by atoms with Crippen molar-refractivity contribution in [3.8, 4) is 0 Å². The number of carboxylic acids is 1. The molecule has 1 aliphatic carbocycles. The Morgan fingerprint density at radius 2 is 2.24 bits per heavy atom. The van der Waals surface area contributed by atoms with E-state index in [0.717, 1.165) is 6.42 Å². The maximum absolute atomic E-state index is 10.6. The summed E-state index contributed by atoms with van der Waals surface area (Å²) in [7, 11) is 0. The van der Waals surface area contributed by atoms with E-state index < -0.39 is 5.97 Å². The van der Waals surface area contributed by atoms with Crippen LogP contribution in [0.4, 0.5) is 0 Å². The third-order valence-corrected chi connectivity index (χ3v) is 3.34. The monoisotopic (exact) mass is 238 g/mol. The van der Waals surface area contributed by atoms with E-state index in [1.165, 1.54) is 25.3 Å². The highest BCUT2D eigenvalue weighted by atomic mass is 16.5. The lowest BCUT2D eigenvalue weighted by atomic mass is 9.88. The van der Waals surface area contributed by atoms with Crippen molar-refractivity contribution in [3.05, 3.63) is 23.7 Å². The third-order valence-electron chi connectivity index (χ3n) is 3.34. The molecular weight excluding hydrogens is 220 g/mol. The van der Waals surface area contributed by atoms with E-state index >= 15 is 0 Å². The first kappa shape index (κ1) is 12.2. The molecule has 4 heteroatoms. The maximum atomic E-state index is 10.6. The predicted molar refractivity (Wildman–Crippen MR) is 61.9 cm³/mol. The third kappa shape index (κ3) is 3.09. The number of carbonyl (C=O) groups is 1. The summed E-state index contributed by atoms with van der Waals surface area (Å²) >= 11 is 0. The van der Waals surface area contributed by atoms with Crippen molar-refractivity contribution in [2.24, 2.45) is 5.92 Å². The molecule has 1 fully saturated rings. The van der Waals surface area contributed by atoms with Gasteiger partial charge < -0.3 is 14.3 Å². The summed E-state index contributed by atoms with van der Waals surface area (Å²) in [6.07, 6.45) is 5.08. The van der Waals surface area contributed by atoms with Crippen LogP contribution < -0.4 is 0 Å². The van der Waals surface area contributed by atoms with Gasteiger partial charge in [0.2, 0.25) is 5.76 Å². The van der Waals surface area contributed by atoms with Crippen LogP contribution in [0.3, 0.4) is 0 Å². The number of rotatable bonds is 4. The van der Waals surface area contributed by atoms with Crippen LogP contribution in [0.2, 0.25) is 0 Å². The summed E-state index contributed by atoms with van der Waals surface area (Å²) in [5, 5.41) is 8.72. The summed E-state index contributed by atoms with van der Waals surface area (Å²) in [5.41, 5.74) is 0. The van der Waals surface area contributed by atoms with Crippen molar-refractivity contribution >= 4 is 5.97 Å². The van der Waals surface area contributed by atoms with Gasteiger partial charge in [-0.1, -0.05) is 19.8 Å². The highest BCUT2D eigenvalue weighted by Gasteiger charge is 2.22. The summed E-state index contributed by atoms with van der Waals surface area (Å²) in [4.78, 5) is 10.6. The van der Waals surface area contributed by atoms with Gasteiger partial charge in [-0.25, -0.2) is 4.79 Å². The zero-order valence-corrected chi connectivity index (χ0v) is 10.0. The van der Waals surface area contributed by atoms with Gasteiger partial charge in [0.25, 0.3) is 0 Å². The Morgan fingerprint density at radius 1 is 1.47 bits per heavy atom. The first-order valence-electron chi connectivity index (χ1n) is 6.10. The minimum absolute atomic E-state index is 0.0275. The highest BCUT2D eigenvalue weighted by molar-refractivity contribution is 5.84. The molecule has 17 heavy (non-hydrogen) atoms. The molecule has 0 radical (unpaired) electrons. The summed E-state index contributed by atoms with van der Waals surface area (Å²) in [5.74, 6) is 0.0976. The van der Waals surface area contributed by atoms with Gasteiger partial charge in [0, 0.05) is 0 Å². The largest absolute Gasteiger partial charge is 0.475 e. The van der Waals surface area contributed by atoms with Gasteiger partial charge in [0.05, 0.1) is 6.10 Å². The Balaban J connectivity index is 1.86. The summed E-state index contributed by atoms with van der Waals surface area (Å²) in [6, 6.07) is 3.13. The van der Waals surface area contributed by atoms with Gasteiger partial charge in [-0.3, -0.25) is 0 Å². The molecule has 2 rings (SSSR count). The van der Waals surface area contributed by atoms with Crippen molar-refractivity contribution < 1.29 is 19.1 Å². The van der Waals surface area contributed by atoms with E-state index in [1.54, 1.807) is 6.07 Å². The van der Waals surface area contributed by atoms with Crippen LogP contribution in [0.25, 0.3) is 0 Å². The van der Waals surface area contributed by atoms with Crippen LogP contribution in [-0.2, 0) is 11.3 Å². The molecule has 0 aliphatic heterocycles. The number of hydrogen-bond acceptors (Lipinski definition) is 3. The first-order chi connectivity index (χ1) is 8.16. The van der Waals surface area contributed by atoms with Gasteiger partial charge in [0.1, 0.15) is 12.4 Å². The van der Waals surface area contributed by atoms with Crippen LogP contribution in [0.5, 0.6) is 0 Å². The van der Waals surface area contributed by atoms with Gasteiger partial charge >= 0.3 is 5.97 Å². The second kappa shape index (κ2) is 5.36. The summed E-state index contributed by atoms with van der Waals surface area (Å²) in [6.45, 7) is 2.57. The SMILES string of the molecule is CC1CCCCC1OCc1ccc(C(=O)O)o1. The fraction of sp³-hybridized carbons (Fsp3) is 0.615. The van der Waals surface area contributed by atoms with Crippen LogP contribution in [-0.4, -0.2) is 17.2 Å². The first-order valence-corrected chi connectivity index (χ1v) is 6.10. The van der Waals surface area contributed by atoms with E-state index in [-0.39, 0.29) is 11.9 Å². The molecule has 0 amide bonds. The topological polar surface area (TPSA) is 59.7 Å². The molecule has 1 heterocycles. The van der Waals surface area contributed by atoms with Crippen molar-refractivity contribution in [2.75, 3.05) is 0 Å². The standard InChI is InChI=1S/C13H18O4/c1-9-4-2-3-5-11(9)16-8-10-6-7-12(17-10)13(14)15/h6-7,9,11H,2-5,8H2,1H3,(H,14,15). The minimum Gasteiger partial charge on any atom is -0.475 e. The van der Waals surface area contributed by atoms with Crippen LogP contribution in [0, 0.1) is 5.92 Å². The average Bonchev–Trinajstić information content (AvgIpc) is 2.77. The van der Waals surface area contributed by atoms with Crippen molar-refractivity contribution in [3.63, 3.8) is 0 Å². The van der Waals surface area contributed by atoms with E-state index in [1.807, 2.05) is 0 Å². The number of furan rings is 1. The second-order valence-electron chi connectivity index (χ2n) is 4.68. The molecule has 1 aromatic heterocycles. The van der Waals surface area contributed by atoms with E-state index in [9.17, 15) is 4.79 Å². The van der Waals surface area contributed by atoms with Gasteiger partial charge in [-0.05, 0) is 30.9 Å². The van der Waals surface area contributed by atoms with Gasteiger partial charge in [-0.15, -0.1) is 0 Å². The zero-order chi connectivity index (χ0) is 12.3. The van der Waals surface area contributed by atoms with E-state index in [0.29, 0.717) is 18.3 Å². The molecule has 1 aliphatic rings. The lowest BCUT2D eigenvalue weighted by Gasteiger charge is -2.28. The predicted octanol–water partition coefficient (Wildman–Crippen LogP) is 3.07. The number of aromatic carboxylic acids is 1. The molecule has 2 unspecified atom stereocenters. The lowest BCUT2D eigenvalue weighted by molar-refractivity contribution is -0.0222. The van der Waals surface area contributed by atoms with Crippen LogP contribution in [0.15, 0.2) is 16.5 Å². The van der Waals surface area contributed by atoms with Crippen molar-refractivity contribution in [1.82, 2.24) is 0 Å². The lowest BCUT2D eigenvalue weighted by Crippen LogP contribution is -2.25. The van der Waals surface area contributed by atoms with E-state index in [2.05, 4.69) is 6.92 Å². The Morgan fingerprint density at radius 3 is 2.88 bits per heavy atom. The molecule has 0 bridgehead atoms. The fourth-order valence-electron chi connectivity index (χ4n) is 2.29. The quantitative estimate of drug-likeness (QED) is 0.875. The average molecular weight is 238 g/mol. The van der Waals surface area contributed by atoms with E-state index in [4.69, 9.17) is 14.3 Å². The highest BCUT2D eigenvalue weighted by Crippen LogP contribution is 2.27. The Kier molecular flexibility index (Phi) is 3.84. The second-order valence-corrected chi connectivity index (χ2v) is 4.68. The smallest absolute Gasteiger partial charge is 0.371 e. The molecule has 1 N–H and O–H groups in total. The number of carboxylic acid groups (broad SMARTS) is 1. The molecule has 1 aromatic rings. The van der Waals surface area contributed by atoms with Crippen LogP contribution >= 0.6 is 0 Å². The van der Waals surface area contributed by atoms with Gasteiger partial charge in [0.15, 0.2) is 0 Å². The molecule has 0 aromatic carbocycles. The Bertz CT molecular complexity index is 383. The number of ether oxygens (including phenoxy) is 1. The summed E-state index contributed by atoms with van der Waals surface area (Å²) < 4.78 is 10.9. The fourth-order valence-corrected chi connectivity index (χ4v) is 2.29. The molecule has 1 saturated carbocycles. The molecule has 0 saturated heterocycles. The molecule has 0 spiro atoms. The zero-order valence-electron chi connectivity index (χ0n) is 10.0. The molecule has 94 valence electrons. The van der Waals surface area contributed by atoms with Crippen molar-refractivity contribution in [1.29, 1.82) is 0 Å². The molecule has 4 nitrogen and oxygen atoms in total. The Hall–Kier alpha value is -1.29. The minimum atomic E-state index is -1.04. The van der Waals surface area contributed by atoms with Gasteiger partial charge in [-0.2, -0.15) is 0 Å². The molecular formula is C13H18O4.